The molecule has 2 nitrogen and oxygen atoms in total. The monoisotopic (exact) mass is 544 g/mol. The quantitative estimate of drug-likeness (QED) is 0.0533. The number of aryl methyl sites for hydroxylation is 2. The molecular formula is C34H50N2Ni. The van der Waals surface area contributed by atoms with E-state index in [2.05, 4.69) is 98.7 Å². The fraction of sp³-hybridized carbons (Fsp3) is 0.529. The van der Waals surface area contributed by atoms with E-state index in [1.54, 1.807) is 14.4 Å². The molecule has 0 aliphatic rings. The fourth-order valence-electron chi connectivity index (χ4n) is 4.65. The van der Waals surface area contributed by atoms with Crippen LogP contribution in [0.2, 0.25) is 11.8 Å². The molecule has 0 heterocycles. The summed E-state index contributed by atoms with van der Waals surface area (Å²) in [5.41, 5.74) is 17.6. The molecule has 0 saturated carbocycles. The Bertz CT molecular complexity index is 1010. The second-order valence-corrected chi connectivity index (χ2v) is 10.7. The first-order valence-corrected chi connectivity index (χ1v) is 16.1. The average Bonchev–Trinajstić information content (AvgIpc) is 2.91. The van der Waals surface area contributed by atoms with Gasteiger partial charge in [-0.1, -0.05) is 114 Å². The first kappa shape index (κ1) is 32.9. The van der Waals surface area contributed by atoms with Gasteiger partial charge >= 0.3 is 32.1 Å². The molecule has 0 amide bonds. The van der Waals surface area contributed by atoms with E-state index < -0.39 is 0 Å². The summed E-state index contributed by atoms with van der Waals surface area (Å²) in [6, 6.07) is 18.0. The fourth-order valence-corrected chi connectivity index (χ4v) is 4.65. The molecule has 2 aromatic carbocycles. The summed E-state index contributed by atoms with van der Waals surface area (Å²) in [7, 11) is 0. The Morgan fingerprint density at radius 3 is 1.95 bits per heavy atom. The minimum absolute atomic E-state index is 0.770. The molecule has 2 aromatic rings. The van der Waals surface area contributed by atoms with Crippen molar-refractivity contribution in [2.24, 2.45) is 0 Å². The van der Waals surface area contributed by atoms with E-state index >= 15 is 0 Å². The molecule has 0 fully saturated rings. The molecule has 0 aromatic heterocycles. The Hall–Kier alpha value is -2.17. The molecule has 0 radical (unpaired) electrons. The molecule has 37 heavy (non-hydrogen) atoms. The molecule has 0 aliphatic carbocycles. The number of hydrogen-bond donors (Lipinski definition) is 0. The zero-order valence-corrected chi connectivity index (χ0v) is 25.3. The van der Waals surface area contributed by atoms with Gasteiger partial charge in [0.2, 0.25) is 0 Å². The van der Waals surface area contributed by atoms with Crippen molar-refractivity contribution in [3.8, 4) is 0 Å². The molecule has 0 atom stereocenters. The zero-order valence-electron chi connectivity index (χ0n) is 24.3. The third-order valence-corrected chi connectivity index (χ3v) is 6.71. The van der Waals surface area contributed by atoms with Crippen molar-refractivity contribution < 1.29 is 19.2 Å². The van der Waals surface area contributed by atoms with Crippen molar-refractivity contribution >= 4 is 11.4 Å². The molecule has 0 unspecified atom stereocenters. The van der Waals surface area contributed by atoms with Gasteiger partial charge < -0.3 is 5.53 Å². The van der Waals surface area contributed by atoms with Crippen LogP contribution in [0.15, 0.2) is 59.7 Å². The molecule has 0 saturated heterocycles. The minimum atomic E-state index is 0.770. The van der Waals surface area contributed by atoms with Crippen molar-refractivity contribution in [1.82, 2.24) is 0 Å². The second kappa shape index (κ2) is 20.8. The van der Waals surface area contributed by atoms with Crippen molar-refractivity contribution in [3.63, 3.8) is 0 Å². The normalized spacial score (nSPS) is 11.2. The SMILES string of the molecule is CCCCCCCCc1ccc(C(=C(C)C(=C=[N+]=[N-])CC)c2cccc(CCCCC)c2)cc1.[CH3][Ni][CH3]. The van der Waals surface area contributed by atoms with Gasteiger partial charge in [-0.05, 0) is 72.4 Å². The summed E-state index contributed by atoms with van der Waals surface area (Å²) in [5.74, 6) is 6.93. The Labute approximate surface area is 234 Å². The Kier molecular flexibility index (Phi) is 18.5. The molecule has 3 heteroatoms. The maximum absolute atomic E-state index is 9.16. The molecule has 0 N–H and O–H groups in total. The zero-order chi connectivity index (χ0) is 27.3. The standard InChI is InChI=1S/C32H44N2.2CH3.Ni/c1-5-8-10-11-12-14-16-27-20-22-30(23-21-27)32(26(4)29(7-3)25-34-33)31-19-15-18-28(24-31)17-13-9-6-2;;;/h15,18-24H,5-14,16-17H2,1-4H3;2*1H3;. The van der Waals surface area contributed by atoms with Gasteiger partial charge in [0.25, 0.3) is 0 Å². The van der Waals surface area contributed by atoms with Crippen LogP contribution in [0.25, 0.3) is 11.1 Å². The van der Waals surface area contributed by atoms with Crippen LogP contribution in [0.3, 0.4) is 0 Å². The number of rotatable bonds is 15. The summed E-state index contributed by atoms with van der Waals surface area (Å²) >= 11 is 1.62. The van der Waals surface area contributed by atoms with E-state index in [1.165, 1.54) is 85.6 Å². The molecule has 0 aliphatic heterocycles. The molecular weight excluding hydrogens is 495 g/mol. The Balaban J connectivity index is 0.00000217. The van der Waals surface area contributed by atoms with Gasteiger partial charge in [-0.2, -0.15) is 0 Å². The van der Waals surface area contributed by atoms with Crippen molar-refractivity contribution in [1.29, 1.82) is 0 Å². The Morgan fingerprint density at radius 2 is 1.32 bits per heavy atom. The van der Waals surface area contributed by atoms with Crippen LogP contribution in [0, 0.1) is 0 Å². The van der Waals surface area contributed by atoms with Gasteiger partial charge in [-0.3, -0.25) is 0 Å². The molecule has 0 bridgehead atoms. The van der Waals surface area contributed by atoms with Gasteiger partial charge in [0, 0.05) is 0 Å². The van der Waals surface area contributed by atoms with E-state index in [9.17, 15) is 0 Å². The van der Waals surface area contributed by atoms with Crippen LogP contribution >= 0.6 is 0 Å². The van der Waals surface area contributed by atoms with Gasteiger partial charge in [0.15, 0.2) is 0 Å². The molecule has 2 rings (SSSR count). The number of nitrogens with zero attached hydrogens (tertiary/aromatic N) is 2. The van der Waals surface area contributed by atoms with Crippen LogP contribution < -0.4 is 0 Å². The van der Waals surface area contributed by atoms with Crippen molar-refractivity contribution in [2.45, 2.75) is 117 Å². The molecule has 206 valence electrons. The summed E-state index contributed by atoms with van der Waals surface area (Å²) < 4.78 is 0. The first-order chi connectivity index (χ1) is 18.1. The predicted octanol–water partition coefficient (Wildman–Crippen LogP) is 10.5. The van der Waals surface area contributed by atoms with E-state index in [-0.39, 0.29) is 0 Å². The molecule has 0 spiro atoms. The van der Waals surface area contributed by atoms with Crippen molar-refractivity contribution in [2.75, 3.05) is 0 Å². The summed E-state index contributed by atoms with van der Waals surface area (Å²) in [6.07, 6.45) is 14.7. The first-order valence-electron chi connectivity index (χ1n) is 14.1. The Morgan fingerprint density at radius 1 is 0.757 bits per heavy atom. The van der Waals surface area contributed by atoms with Gasteiger partial charge in [-0.25, -0.2) is 0 Å². The topological polar surface area (TPSA) is 36.4 Å². The number of hydrogen-bond acceptors (Lipinski definition) is 0. The van der Waals surface area contributed by atoms with E-state index in [1.807, 2.05) is 0 Å². The van der Waals surface area contributed by atoms with Crippen LogP contribution in [-0.4, -0.2) is 10.7 Å². The maximum atomic E-state index is 9.16. The number of benzene rings is 2. The van der Waals surface area contributed by atoms with E-state index in [4.69, 9.17) is 5.53 Å². The predicted molar refractivity (Wildman–Crippen MR) is 159 cm³/mol. The number of allylic oxidation sites excluding steroid dienone is 2. The summed E-state index contributed by atoms with van der Waals surface area (Å²) in [6.45, 7) is 8.72. The summed E-state index contributed by atoms with van der Waals surface area (Å²) in [5, 5.41) is 0. The van der Waals surface area contributed by atoms with E-state index in [0.29, 0.717) is 0 Å². The van der Waals surface area contributed by atoms with Gasteiger partial charge in [0.05, 0.1) is 5.57 Å². The summed E-state index contributed by atoms with van der Waals surface area (Å²) in [4.78, 5) is 3.22. The van der Waals surface area contributed by atoms with Crippen LogP contribution in [0.1, 0.15) is 114 Å². The number of unbranched alkanes of at least 4 members (excludes halogenated alkanes) is 7. The van der Waals surface area contributed by atoms with Gasteiger partial charge in [-0.15, -0.1) is 4.79 Å². The third kappa shape index (κ3) is 12.8. The van der Waals surface area contributed by atoms with Gasteiger partial charge in [0.1, 0.15) is 0 Å². The van der Waals surface area contributed by atoms with Crippen molar-refractivity contribution in [3.05, 3.63) is 87.5 Å². The average molecular weight is 545 g/mol. The third-order valence-electron chi connectivity index (χ3n) is 6.71. The van der Waals surface area contributed by atoms with Crippen LogP contribution in [0.5, 0.6) is 0 Å². The van der Waals surface area contributed by atoms with Crippen LogP contribution in [-0.2, 0) is 27.3 Å². The van der Waals surface area contributed by atoms with Crippen LogP contribution in [0.4, 0.5) is 0 Å². The van der Waals surface area contributed by atoms with E-state index in [0.717, 1.165) is 30.4 Å². The second-order valence-electron chi connectivity index (χ2n) is 9.73.